The summed E-state index contributed by atoms with van der Waals surface area (Å²) >= 11 is 0. The van der Waals surface area contributed by atoms with Crippen LogP contribution in [0, 0.1) is 0 Å². The average molecular weight is 463 g/mol. The summed E-state index contributed by atoms with van der Waals surface area (Å²) in [5, 5.41) is 0. The van der Waals surface area contributed by atoms with Crippen LogP contribution in [0.5, 0.6) is 0 Å². The maximum atomic E-state index is 12.4. The van der Waals surface area contributed by atoms with Crippen LogP contribution in [0.3, 0.4) is 0 Å². The maximum absolute atomic E-state index is 12.4. The average Bonchev–Trinajstić information content (AvgIpc) is 2.86. The summed E-state index contributed by atoms with van der Waals surface area (Å²) in [6.45, 7) is 4.44. The SMILES string of the molecule is CCCc1ccc(C2CCC(OC(=O)OC3CCC(c4ccc(CCC)cc4)CC3)CC2)cc1. The van der Waals surface area contributed by atoms with Crippen molar-refractivity contribution in [2.45, 2.75) is 115 Å². The van der Waals surface area contributed by atoms with E-state index in [0.29, 0.717) is 11.8 Å². The summed E-state index contributed by atoms with van der Waals surface area (Å²) in [6, 6.07) is 18.3. The summed E-state index contributed by atoms with van der Waals surface area (Å²) < 4.78 is 11.4. The van der Waals surface area contributed by atoms with Gasteiger partial charge in [0, 0.05) is 0 Å². The summed E-state index contributed by atoms with van der Waals surface area (Å²) in [5.74, 6) is 1.16. The first-order valence-corrected chi connectivity index (χ1v) is 13.7. The van der Waals surface area contributed by atoms with Gasteiger partial charge in [0.25, 0.3) is 0 Å². The fourth-order valence-corrected chi connectivity index (χ4v) is 5.82. The van der Waals surface area contributed by atoms with E-state index in [4.69, 9.17) is 9.47 Å². The monoisotopic (exact) mass is 462 g/mol. The Hall–Kier alpha value is -2.29. The van der Waals surface area contributed by atoms with E-state index in [9.17, 15) is 4.79 Å². The minimum absolute atomic E-state index is 0.00101. The van der Waals surface area contributed by atoms with E-state index in [0.717, 1.165) is 64.2 Å². The topological polar surface area (TPSA) is 35.5 Å². The van der Waals surface area contributed by atoms with Crippen LogP contribution in [0.15, 0.2) is 48.5 Å². The Labute approximate surface area is 206 Å². The second kappa shape index (κ2) is 12.4. The van der Waals surface area contributed by atoms with Crippen molar-refractivity contribution in [3.63, 3.8) is 0 Å². The molecule has 34 heavy (non-hydrogen) atoms. The number of benzene rings is 2. The summed E-state index contributed by atoms with van der Waals surface area (Å²) in [4.78, 5) is 12.4. The van der Waals surface area contributed by atoms with Gasteiger partial charge in [0.2, 0.25) is 0 Å². The summed E-state index contributed by atoms with van der Waals surface area (Å²) in [6.07, 6.45) is 12.2. The highest BCUT2D eigenvalue weighted by Gasteiger charge is 2.29. The molecule has 0 aromatic heterocycles. The van der Waals surface area contributed by atoms with Gasteiger partial charge in [-0.15, -0.1) is 0 Å². The Morgan fingerprint density at radius 1 is 0.618 bits per heavy atom. The van der Waals surface area contributed by atoms with Crippen molar-refractivity contribution in [3.05, 3.63) is 70.8 Å². The molecular formula is C31H42O3. The molecule has 0 heterocycles. The fourth-order valence-electron chi connectivity index (χ4n) is 5.82. The predicted molar refractivity (Wildman–Crippen MR) is 138 cm³/mol. The van der Waals surface area contributed by atoms with Gasteiger partial charge in [0.05, 0.1) is 0 Å². The molecule has 2 aliphatic rings. The zero-order valence-corrected chi connectivity index (χ0v) is 21.1. The Bertz CT molecular complexity index is 796. The van der Waals surface area contributed by atoms with Crippen molar-refractivity contribution in [1.29, 1.82) is 0 Å². The first kappa shape index (κ1) is 24.8. The minimum atomic E-state index is -0.459. The normalized spacial score (nSPS) is 25.0. The molecule has 2 aliphatic carbocycles. The molecule has 0 radical (unpaired) electrons. The van der Waals surface area contributed by atoms with Crippen molar-refractivity contribution < 1.29 is 14.3 Å². The highest BCUT2D eigenvalue weighted by Crippen LogP contribution is 2.36. The van der Waals surface area contributed by atoms with Crippen molar-refractivity contribution in [3.8, 4) is 0 Å². The van der Waals surface area contributed by atoms with Crippen LogP contribution in [-0.2, 0) is 22.3 Å². The van der Waals surface area contributed by atoms with Crippen LogP contribution < -0.4 is 0 Å². The van der Waals surface area contributed by atoms with Crippen LogP contribution in [-0.4, -0.2) is 18.4 Å². The smallest absolute Gasteiger partial charge is 0.431 e. The molecule has 2 aromatic carbocycles. The second-order valence-electron chi connectivity index (χ2n) is 10.4. The van der Waals surface area contributed by atoms with Gasteiger partial charge in [0.1, 0.15) is 12.2 Å². The molecule has 4 rings (SSSR count). The van der Waals surface area contributed by atoms with E-state index in [1.807, 2.05) is 0 Å². The molecule has 0 N–H and O–H groups in total. The number of ether oxygens (including phenoxy) is 2. The van der Waals surface area contributed by atoms with E-state index in [-0.39, 0.29) is 12.2 Å². The van der Waals surface area contributed by atoms with Gasteiger partial charge < -0.3 is 9.47 Å². The molecule has 0 bridgehead atoms. The Morgan fingerprint density at radius 3 is 1.29 bits per heavy atom. The molecule has 0 saturated heterocycles. The van der Waals surface area contributed by atoms with Gasteiger partial charge in [-0.3, -0.25) is 0 Å². The number of hydrogen-bond acceptors (Lipinski definition) is 3. The van der Waals surface area contributed by atoms with Crippen LogP contribution in [0.4, 0.5) is 4.79 Å². The Morgan fingerprint density at radius 2 is 0.971 bits per heavy atom. The highest BCUT2D eigenvalue weighted by molar-refractivity contribution is 5.60. The van der Waals surface area contributed by atoms with Gasteiger partial charge in [-0.05, 0) is 98.3 Å². The number of hydrogen-bond donors (Lipinski definition) is 0. The molecule has 0 atom stereocenters. The van der Waals surface area contributed by atoms with E-state index < -0.39 is 6.16 Å². The van der Waals surface area contributed by atoms with Crippen LogP contribution >= 0.6 is 0 Å². The van der Waals surface area contributed by atoms with Crippen molar-refractivity contribution >= 4 is 6.16 Å². The zero-order valence-electron chi connectivity index (χ0n) is 21.1. The molecule has 0 aliphatic heterocycles. The third-order valence-corrected chi connectivity index (χ3v) is 7.85. The third kappa shape index (κ3) is 6.87. The lowest BCUT2D eigenvalue weighted by Crippen LogP contribution is -2.28. The fraction of sp³-hybridized carbons (Fsp3) is 0.581. The first-order valence-electron chi connectivity index (χ1n) is 13.7. The maximum Gasteiger partial charge on any atom is 0.508 e. The molecule has 0 unspecified atom stereocenters. The van der Waals surface area contributed by atoms with Crippen molar-refractivity contribution in [1.82, 2.24) is 0 Å². The number of aryl methyl sites for hydroxylation is 2. The summed E-state index contributed by atoms with van der Waals surface area (Å²) in [7, 11) is 0. The standard InChI is InChI=1S/C31H42O3/c1-3-5-23-7-11-25(12-8-23)27-15-19-29(20-16-27)33-31(32)34-30-21-17-28(18-22-30)26-13-9-24(6-4-2)10-14-26/h7-14,27-30H,3-6,15-22H2,1-2H3. The molecule has 0 spiro atoms. The second-order valence-corrected chi connectivity index (χ2v) is 10.4. The lowest BCUT2D eigenvalue weighted by molar-refractivity contribution is -0.0214. The molecule has 2 aromatic rings. The number of carbonyl (C=O) groups excluding carboxylic acids is 1. The van der Waals surface area contributed by atoms with Crippen LogP contribution in [0.1, 0.15) is 112 Å². The lowest BCUT2D eigenvalue weighted by Gasteiger charge is -2.31. The van der Waals surface area contributed by atoms with Gasteiger partial charge in [0.15, 0.2) is 0 Å². The molecule has 2 fully saturated rings. The third-order valence-electron chi connectivity index (χ3n) is 7.85. The molecule has 0 amide bonds. The van der Waals surface area contributed by atoms with Gasteiger partial charge >= 0.3 is 6.16 Å². The zero-order chi connectivity index (χ0) is 23.8. The Balaban J connectivity index is 1.16. The molecular weight excluding hydrogens is 420 g/mol. The lowest BCUT2D eigenvalue weighted by atomic mass is 9.82. The first-order chi connectivity index (χ1) is 16.6. The molecule has 2 saturated carbocycles. The van der Waals surface area contributed by atoms with Crippen LogP contribution in [0.2, 0.25) is 0 Å². The minimum Gasteiger partial charge on any atom is -0.431 e. The van der Waals surface area contributed by atoms with Gasteiger partial charge in [-0.1, -0.05) is 75.2 Å². The quantitative estimate of drug-likeness (QED) is 0.369. The summed E-state index contributed by atoms with van der Waals surface area (Å²) in [5.41, 5.74) is 5.70. The van der Waals surface area contributed by atoms with Crippen molar-refractivity contribution in [2.75, 3.05) is 0 Å². The largest absolute Gasteiger partial charge is 0.508 e. The van der Waals surface area contributed by atoms with E-state index in [1.165, 1.54) is 35.1 Å². The van der Waals surface area contributed by atoms with E-state index in [2.05, 4.69) is 62.4 Å². The highest BCUT2D eigenvalue weighted by atomic mass is 16.7. The number of carbonyl (C=O) groups is 1. The van der Waals surface area contributed by atoms with E-state index in [1.54, 1.807) is 0 Å². The van der Waals surface area contributed by atoms with Gasteiger partial charge in [-0.2, -0.15) is 0 Å². The molecule has 184 valence electrons. The molecule has 3 heteroatoms. The molecule has 3 nitrogen and oxygen atoms in total. The van der Waals surface area contributed by atoms with E-state index >= 15 is 0 Å². The van der Waals surface area contributed by atoms with Crippen LogP contribution in [0.25, 0.3) is 0 Å². The Kier molecular flexibility index (Phi) is 9.07. The van der Waals surface area contributed by atoms with Gasteiger partial charge in [-0.25, -0.2) is 4.79 Å². The number of rotatable bonds is 8. The van der Waals surface area contributed by atoms with Crippen molar-refractivity contribution in [2.24, 2.45) is 0 Å². The predicted octanol–water partition coefficient (Wildman–Crippen LogP) is 8.50.